The smallest absolute Gasteiger partial charge is 0.290 e. The molecule has 0 aliphatic carbocycles. The van der Waals surface area contributed by atoms with Gasteiger partial charge in [0, 0.05) is 6.54 Å². The van der Waals surface area contributed by atoms with Crippen LogP contribution >= 0.6 is 11.3 Å². The maximum absolute atomic E-state index is 13.6. The number of aromatic hydroxyl groups is 1. The van der Waals surface area contributed by atoms with Crippen molar-refractivity contribution in [3.05, 3.63) is 55.7 Å². The van der Waals surface area contributed by atoms with Crippen LogP contribution in [0.25, 0.3) is 0 Å². The minimum Gasteiger partial charge on any atom is -0.507 e. The van der Waals surface area contributed by atoms with Crippen molar-refractivity contribution in [2.75, 3.05) is 26.2 Å². The lowest BCUT2D eigenvalue weighted by Crippen LogP contribution is -2.34. The number of hydrogen-bond donors (Lipinski definition) is 2. The van der Waals surface area contributed by atoms with Gasteiger partial charge < -0.3 is 20.0 Å². The molecule has 1 amide bonds. The van der Waals surface area contributed by atoms with Crippen LogP contribution in [0.2, 0.25) is 0 Å². The molecule has 3 rings (SSSR count). The number of phenolic OH excluding ortho intramolecular Hbond substituents is 1. The zero-order valence-corrected chi connectivity index (χ0v) is 21.0. The highest BCUT2D eigenvalue weighted by Gasteiger charge is 2.44. The summed E-state index contributed by atoms with van der Waals surface area (Å²) in [6.45, 7) is 14.4. The van der Waals surface area contributed by atoms with Crippen molar-refractivity contribution in [3.63, 3.8) is 0 Å². The number of carbonyl (C=O) groups is 2. The molecule has 1 atom stereocenters. The number of hydrogen-bond acceptors (Lipinski definition) is 7. The maximum atomic E-state index is 13.6. The lowest BCUT2D eigenvalue weighted by atomic mass is 9.92. The molecule has 1 unspecified atom stereocenters. The molecule has 1 aromatic carbocycles. The number of rotatable bonds is 9. The Hall–Kier alpha value is -2.71. The Labute approximate surface area is 199 Å². The first-order valence-corrected chi connectivity index (χ1v) is 12.2. The molecule has 33 heavy (non-hydrogen) atoms. The zero-order valence-electron chi connectivity index (χ0n) is 20.2. The third kappa shape index (κ3) is 4.82. The molecule has 0 bridgehead atoms. The van der Waals surface area contributed by atoms with Crippen molar-refractivity contribution in [1.82, 2.24) is 14.8 Å². The minimum absolute atomic E-state index is 0.0825. The normalized spacial score (nSPS) is 16.4. The number of nitrogens with zero attached hydrogens (tertiary/aromatic N) is 3. The average molecular weight is 472 g/mol. The van der Waals surface area contributed by atoms with Crippen LogP contribution in [0, 0.1) is 27.7 Å². The summed E-state index contributed by atoms with van der Waals surface area (Å²) in [5, 5.41) is 21.9. The quantitative estimate of drug-likeness (QED) is 0.527. The summed E-state index contributed by atoms with van der Waals surface area (Å²) in [4.78, 5) is 35.4. The number of thiazole rings is 1. The van der Waals surface area contributed by atoms with E-state index in [-0.39, 0.29) is 17.1 Å². The second-order valence-corrected chi connectivity index (χ2v) is 9.73. The van der Waals surface area contributed by atoms with Crippen molar-refractivity contribution < 1.29 is 19.8 Å². The molecule has 2 aromatic rings. The highest BCUT2D eigenvalue weighted by Crippen LogP contribution is 2.41. The van der Waals surface area contributed by atoms with Crippen LogP contribution in [0.15, 0.2) is 23.5 Å². The van der Waals surface area contributed by atoms with Crippen LogP contribution in [0.4, 0.5) is 0 Å². The number of ketones is 1. The van der Waals surface area contributed by atoms with Crippen LogP contribution in [-0.2, 0) is 4.79 Å². The molecule has 0 saturated heterocycles. The van der Waals surface area contributed by atoms with E-state index in [1.165, 1.54) is 11.3 Å². The van der Waals surface area contributed by atoms with E-state index in [4.69, 9.17) is 0 Å². The molecule has 1 aromatic heterocycles. The van der Waals surface area contributed by atoms with Crippen LogP contribution in [0.3, 0.4) is 0 Å². The molecule has 1 aliphatic heterocycles. The molecule has 0 spiro atoms. The fraction of sp³-hybridized carbons (Fsp3) is 0.480. The Balaban J connectivity index is 2.05. The second kappa shape index (κ2) is 10.1. The molecule has 2 N–H and O–H groups in total. The minimum atomic E-state index is -0.721. The Kier molecular flexibility index (Phi) is 7.59. The predicted octanol–water partition coefficient (Wildman–Crippen LogP) is 4.39. The van der Waals surface area contributed by atoms with Crippen LogP contribution < -0.4 is 0 Å². The van der Waals surface area contributed by atoms with E-state index in [1.54, 1.807) is 37.8 Å². The molecule has 7 nitrogen and oxygen atoms in total. The van der Waals surface area contributed by atoms with Gasteiger partial charge in [-0.05, 0) is 82.6 Å². The molecular formula is C25H33N3O4S. The van der Waals surface area contributed by atoms with E-state index in [1.807, 2.05) is 6.92 Å². The summed E-state index contributed by atoms with van der Waals surface area (Å²) in [7, 11) is 0. The number of aliphatic hydroxyl groups is 1. The summed E-state index contributed by atoms with van der Waals surface area (Å²) in [5.74, 6) is -1.22. The van der Waals surface area contributed by atoms with Crippen molar-refractivity contribution in [1.29, 1.82) is 0 Å². The molecule has 0 radical (unpaired) electrons. The van der Waals surface area contributed by atoms with Gasteiger partial charge in [0.2, 0.25) is 5.78 Å². The summed E-state index contributed by atoms with van der Waals surface area (Å²) in [6, 6.07) is 2.85. The summed E-state index contributed by atoms with van der Waals surface area (Å²) in [6.07, 6.45) is 0.716. The van der Waals surface area contributed by atoms with E-state index in [0.29, 0.717) is 40.2 Å². The van der Waals surface area contributed by atoms with Crippen molar-refractivity contribution in [2.45, 2.75) is 54.0 Å². The number of aliphatic hydroxyl groups excluding tert-OH is 1. The van der Waals surface area contributed by atoms with Gasteiger partial charge in [0.15, 0.2) is 5.76 Å². The van der Waals surface area contributed by atoms with Crippen LogP contribution in [0.1, 0.15) is 63.4 Å². The first-order chi connectivity index (χ1) is 15.6. The fourth-order valence-corrected chi connectivity index (χ4v) is 5.35. The molecular weight excluding hydrogens is 438 g/mol. The van der Waals surface area contributed by atoms with Gasteiger partial charge in [0.25, 0.3) is 5.91 Å². The zero-order chi connectivity index (χ0) is 24.4. The van der Waals surface area contributed by atoms with Gasteiger partial charge in [0.05, 0.1) is 27.2 Å². The van der Waals surface area contributed by atoms with E-state index in [9.17, 15) is 19.8 Å². The third-order valence-corrected chi connectivity index (χ3v) is 7.33. The molecule has 0 saturated carbocycles. The summed E-state index contributed by atoms with van der Waals surface area (Å²) in [5.41, 5.74) is 2.68. The Morgan fingerprint density at radius 3 is 2.24 bits per heavy atom. The SMILES string of the molecule is CCN(CC)CCCN1C(=O)C(O)=C(C(=O)c2sc(C)nc2C)C1c1cc(C)c(O)c(C)c1. The molecule has 8 heteroatoms. The Morgan fingerprint density at radius 2 is 1.73 bits per heavy atom. The lowest BCUT2D eigenvalue weighted by Gasteiger charge is -2.28. The largest absolute Gasteiger partial charge is 0.507 e. The lowest BCUT2D eigenvalue weighted by molar-refractivity contribution is -0.129. The van der Waals surface area contributed by atoms with Crippen LogP contribution in [0.5, 0.6) is 5.75 Å². The molecule has 1 aliphatic rings. The fourth-order valence-electron chi connectivity index (χ4n) is 4.48. The van der Waals surface area contributed by atoms with Gasteiger partial charge in [-0.15, -0.1) is 11.3 Å². The number of Topliss-reactive ketones (excluding diaryl/α,β-unsaturated/α-hetero) is 1. The first kappa shape index (κ1) is 24.9. The Bertz CT molecular complexity index is 1080. The number of aromatic nitrogens is 1. The third-order valence-electron chi connectivity index (χ3n) is 6.25. The summed E-state index contributed by atoms with van der Waals surface area (Å²) >= 11 is 1.27. The van der Waals surface area contributed by atoms with E-state index in [0.717, 1.165) is 24.6 Å². The number of aryl methyl sites for hydroxylation is 4. The van der Waals surface area contributed by atoms with Gasteiger partial charge in [0.1, 0.15) is 5.75 Å². The van der Waals surface area contributed by atoms with Gasteiger partial charge in [-0.2, -0.15) is 0 Å². The molecule has 2 heterocycles. The predicted molar refractivity (Wildman–Crippen MR) is 130 cm³/mol. The van der Waals surface area contributed by atoms with Crippen LogP contribution in [-0.4, -0.2) is 62.9 Å². The number of carbonyl (C=O) groups excluding carboxylic acids is 2. The maximum Gasteiger partial charge on any atom is 0.290 e. The number of benzene rings is 1. The average Bonchev–Trinajstić information content (AvgIpc) is 3.24. The first-order valence-electron chi connectivity index (χ1n) is 11.4. The Morgan fingerprint density at radius 1 is 1.12 bits per heavy atom. The van der Waals surface area contributed by atoms with Gasteiger partial charge >= 0.3 is 0 Å². The standard InChI is InChI=1S/C25H33N3O4S/c1-7-27(8-2)10-9-11-28-20(18-12-14(3)21(29)15(4)13-18)19(23(31)25(28)32)22(30)24-16(5)26-17(6)33-24/h12-13,20,29,31H,7-11H2,1-6H3. The highest BCUT2D eigenvalue weighted by molar-refractivity contribution is 7.14. The monoisotopic (exact) mass is 471 g/mol. The van der Waals surface area contributed by atoms with E-state index in [2.05, 4.69) is 23.7 Å². The van der Waals surface area contributed by atoms with E-state index >= 15 is 0 Å². The summed E-state index contributed by atoms with van der Waals surface area (Å²) < 4.78 is 0. The second-order valence-electron chi connectivity index (χ2n) is 8.52. The van der Waals surface area contributed by atoms with Crippen molar-refractivity contribution in [2.24, 2.45) is 0 Å². The number of phenols is 1. The number of amides is 1. The van der Waals surface area contributed by atoms with Gasteiger partial charge in [-0.25, -0.2) is 4.98 Å². The van der Waals surface area contributed by atoms with E-state index < -0.39 is 17.7 Å². The van der Waals surface area contributed by atoms with Gasteiger partial charge in [-0.3, -0.25) is 9.59 Å². The molecule has 178 valence electrons. The molecule has 0 fully saturated rings. The van der Waals surface area contributed by atoms with Crippen molar-refractivity contribution in [3.8, 4) is 5.75 Å². The highest BCUT2D eigenvalue weighted by atomic mass is 32.1. The topological polar surface area (TPSA) is 94.0 Å². The van der Waals surface area contributed by atoms with Crippen molar-refractivity contribution >= 4 is 23.0 Å². The van der Waals surface area contributed by atoms with Gasteiger partial charge in [-0.1, -0.05) is 13.8 Å².